The van der Waals surface area contributed by atoms with E-state index in [1.165, 1.54) is 0 Å². The van der Waals surface area contributed by atoms with Crippen LogP contribution >= 0.6 is 0 Å². The summed E-state index contributed by atoms with van der Waals surface area (Å²) in [5.74, 6) is -0.721. The molecule has 0 bridgehead atoms. The monoisotopic (exact) mass is 181 g/mol. The van der Waals surface area contributed by atoms with Crippen LogP contribution in [-0.4, -0.2) is 17.8 Å². The molecule has 5 heteroatoms. The first-order chi connectivity index (χ1) is 6.15. The normalized spacial score (nSPS) is 26.0. The summed E-state index contributed by atoms with van der Waals surface area (Å²) >= 11 is 0. The minimum absolute atomic E-state index is 0.0764. The zero-order valence-electron chi connectivity index (χ0n) is 7.17. The van der Waals surface area contributed by atoms with Crippen molar-refractivity contribution in [3.63, 3.8) is 0 Å². The Balaban J connectivity index is 2.38. The molecule has 0 atom stereocenters. The van der Waals surface area contributed by atoms with Gasteiger partial charge in [-0.05, 0) is 12.8 Å². The Bertz CT molecular complexity index is 303. The van der Waals surface area contributed by atoms with Crippen LogP contribution in [-0.2, 0) is 9.59 Å². The molecule has 5 nitrogen and oxygen atoms in total. The van der Waals surface area contributed by atoms with E-state index in [9.17, 15) is 9.59 Å². The molecule has 0 unspecified atom stereocenters. The van der Waals surface area contributed by atoms with Crippen LogP contribution in [0.3, 0.4) is 0 Å². The van der Waals surface area contributed by atoms with Gasteiger partial charge >= 0.3 is 0 Å². The smallest absolute Gasteiger partial charge is 0.264 e. The molecule has 3 N–H and O–H groups in total. The van der Waals surface area contributed by atoms with E-state index in [0.717, 1.165) is 12.8 Å². The number of nitrogens with zero attached hydrogens (tertiary/aromatic N) is 1. The summed E-state index contributed by atoms with van der Waals surface area (Å²) < 4.78 is 0. The van der Waals surface area contributed by atoms with Crippen molar-refractivity contribution in [3.8, 4) is 0 Å². The summed E-state index contributed by atoms with van der Waals surface area (Å²) in [6.45, 7) is 0. The molecule has 0 aromatic heterocycles. The lowest BCUT2D eigenvalue weighted by atomic mass is 9.83. The van der Waals surface area contributed by atoms with E-state index >= 15 is 0 Å². The predicted molar refractivity (Wildman–Crippen MR) is 45.7 cm³/mol. The average molecular weight is 181 g/mol. The lowest BCUT2D eigenvalue weighted by Gasteiger charge is -2.27. The summed E-state index contributed by atoms with van der Waals surface area (Å²) in [6.07, 6.45) is 3.03. The van der Waals surface area contributed by atoms with Gasteiger partial charge in [0.2, 0.25) is 11.9 Å². The number of carbonyl (C=O) groups excluding carboxylic acids is 2. The van der Waals surface area contributed by atoms with Gasteiger partial charge in [-0.25, -0.2) is 0 Å². The molecular formula is C8H11N3O2. The number of amides is 2. The van der Waals surface area contributed by atoms with Gasteiger partial charge in [-0.3, -0.25) is 14.9 Å². The maximum absolute atomic E-state index is 11.5. The second kappa shape index (κ2) is 2.55. The average Bonchev–Trinajstić information content (AvgIpc) is 2.50. The Hall–Kier alpha value is -1.39. The van der Waals surface area contributed by atoms with Gasteiger partial charge in [0.1, 0.15) is 5.41 Å². The molecule has 1 saturated carbocycles. The van der Waals surface area contributed by atoms with E-state index < -0.39 is 5.41 Å². The van der Waals surface area contributed by atoms with Crippen LogP contribution in [0.1, 0.15) is 25.7 Å². The summed E-state index contributed by atoms with van der Waals surface area (Å²) in [5, 5.41) is 2.41. The van der Waals surface area contributed by atoms with Crippen molar-refractivity contribution in [2.75, 3.05) is 0 Å². The van der Waals surface area contributed by atoms with Gasteiger partial charge in [-0.1, -0.05) is 12.8 Å². The number of nitrogens with one attached hydrogen (secondary N) is 1. The molecule has 2 amide bonds. The van der Waals surface area contributed by atoms with Gasteiger partial charge in [0.25, 0.3) is 5.91 Å². The van der Waals surface area contributed by atoms with E-state index in [4.69, 9.17) is 5.73 Å². The second-order valence-electron chi connectivity index (χ2n) is 3.55. The minimum atomic E-state index is -0.886. The van der Waals surface area contributed by atoms with Gasteiger partial charge in [-0.2, -0.15) is 4.99 Å². The molecule has 0 saturated heterocycles. The Kier molecular flexibility index (Phi) is 1.61. The predicted octanol–water partition coefficient (Wildman–Crippen LogP) is -0.482. The summed E-state index contributed by atoms with van der Waals surface area (Å²) in [5.41, 5.74) is 4.38. The number of carbonyl (C=O) groups is 2. The fourth-order valence-electron chi connectivity index (χ4n) is 2.00. The molecule has 1 aliphatic heterocycles. The number of hydrogen-bond acceptors (Lipinski definition) is 3. The molecule has 0 aromatic rings. The lowest BCUT2D eigenvalue weighted by Crippen LogP contribution is -2.53. The molecule has 1 fully saturated rings. The first-order valence-electron chi connectivity index (χ1n) is 4.35. The van der Waals surface area contributed by atoms with E-state index in [1.807, 2.05) is 0 Å². The fourth-order valence-corrected chi connectivity index (χ4v) is 2.00. The van der Waals surface area contributed by atoms with E-state index in [2.05, 4.69) is 10.3 Å². The molecule has 0 radical (unpaired) electrons. The van der Waals surface area contributed by atoms with Crippen molar-refractivity contribution >= 4 is 17.8 Å². The maximum atomic E-state index is 11.5. The molecule has 1 aliphatic carbocycles. The first kappa shape index (κ1) is 8.22. The van der Waals surface area contributed by atoms with Gasteiger partial charge in [-0.15, -0.1) is 0 Å². The van der Waals surface area contributed by atoms with E-state index in [1.54, 1.807) is 0 Å². The topological polar surface area (TPSA) is 84.5 Å². The largest absolute Gasteiger partial charge is 0.369 e. The number of guanidine groups is 1. The quantitative estimate of drug-likeness (QED) is 0.495. The second-order valence-corrected chi connectivity index (χ2v) is 3.55. The zero-order valence-corrected chi connectivity index (χ0v) is 7.17. The van der Waals surface area contributed by atoms with Gasteiger partial charge in [0, 0.05) is 0 Å². The summed E-state index contributed by atoms with van der Waals surface area (Å²) in [6, 6.07) is 0. The molecule has 2 aliphatic rings. The van der Waals surface area contributed by atoms with Crippen molar-refractivity contribution in [1.29, 1.82) is 0 Å². The highest BCUT2D eigenvalue weighted by atomic mass is 16.2. The number of nitrogens with two attached hydrogens (primary N) is 1. The summed E-state index contributed by atoms with van der Waals surface area (Å²) in [4.78, 5) is 26.6. The molecular weight excluding hydrogens is 170 g/mol. The van der Waals surface area contributed by atoms with Crippen molar-refractivity contribution in [3.05, 3.63) is 0 Å². The molecule has 1 spiro atoms. The lowest BCUT2D eigenvalue weighted by molar-refractivity contribution is -0.141. The Morgan fingerprint density at radius 3 is 2.46 bits per heavy atom. The van der Waals surface area contributed by atoms with Gasteiger partial charge in [0.05, 0.1) is 0 Å². The third-order valence-electron chi connectivity index (χ3n) is 2.76. The minimum Gasteiger partial charge on any atom is -0.369 e. The molecule has 0 aromatic carbocycles. The van der Waals surface area contributed by atoms with Crippen molar-refractivity contribution in [2.45, 2.75) is 25.7 Å². The SMILES string of the molecule is NC1=NC(=O)C2(CCCC2)C(=O)N1. The Morgan fingerprint density at radius 1 is 1.31 bits per heavy atom. The van der Waals surface area contributed by atoms with Crippen LogP contribution in [0, 0.1) is 5.41 Å². The maximum Gasteiger partial charge on any atom is 0.264 e. The van der Waals surface area contributed by atoms with E-state index in [0.29, 0.717) is 12.8 Å². The highest BCUT2D eigenvalue weighted by Gasteiger charge is 2.50. The zero-order chi connectivity index (χ0) is 9.47. The standard InChI is InChI=1S/C8H11N3O2/c9-7-10-5(12)8(6(13)11-7)3-1-2-4-8/h1-4H2,(H3,9,10,11,12,13). The van der Waals surface area contributed by atoms with Crippen molar-refractivity contribution in [1.82, 2.24) is 5.32 Å². The molecule has 70 valence electrons. The van der Waals surface area contributed by atoms with Crippen LogP contribution in [0.2, 0.25) is 0 Å². The van der Waals surface area contributed by atoms with Crippen LogP contribution in [0.25, 0.3) is 0 Å². The van der Waals surface area contributed by atoms with Crippen LogP contribution in [0.15, 0.2) is 4.99 Å². The number of aliphatic imine (C=N–C) groups is 1. The van der Waals surface area contributed by atoms with E-state index in [-0.39, 0.29) is 17.8 Å². The Morgan fingerprint density at radius 2 is 1.92 bits per heavy atom. The van der Waals surface area contributed by atoms with Crippen LogP contribution in [0.5, 0.6) is 0 Å². The van der Waals surface area contributed by atoms with Crippen molar-refractivity contribution < 1.29 is 9.59 Å². The fraction of sp³-hybridized carbons (Fsp3) is 0.625. The highest BCUT2D eigenvalue weighted by Crippen LogP contribution is 2.40. The van der Waals surface area contributed by atoms with Crippen LogP contribution in [0.4, 0.5) is 0 Å². The molecule has 1 heterocycles. The van der Waals surface area contributed by atoms with Gasteiger partial charge < -0.3 is 5.73 Å². The molecule has 2 rings (SSSR count). The Labute approximate surface area is 75.4 Å². The number of rotatable bonds is 0. The summed E-state index contributed by atoms with van der Waals surface area (Å²) in [7, 11) is 0. The third-order valence-corrected chi connectivity index (χ3v) is 2.76. The highest BCUT2D eigenvalue weighted by molar-refractivity contribution is 6.18. The third kappa shape index (κ3) is 1.03. The number of hydrogen-bond donors (Lipinski definition) is 2. The molecule has 13 heavy (non-hydrogen) atoms. The van der Waals surface area contributed by atoms with Crippen molar-refractivity contribution in [2.24, 2.45) is 16.1 Å². The van der Waals surface area contributed by atoms with Gasteiger partial charge in [0.15, 0.2) is 0 Å². The first-order valence-corrected chi connectivity index (χ1v) is 4.35. The van der Waals surface area contributed by atoms with Crippen LogP contribution < -0.4 is 11.1 Å².